The van der Waals surface area contributed by atoms with Crippen molar-refractivity contribution < 1.29 is 14.9 Å². The van der Waals surface area contributed by atoms with Crippen LogP contribution in [0.1, 0.15) is 57.1 Å². The van der Waals surface area contributed by atoms with E-state index in [-0.39, 0.29) is 17.4 Å². The molecule has 3 nitrogen and oxygen atoms in total. The molecule has 0 heterocycles. The lowest BCUT2D eigenvalue weighted by Crippen LogP contribution is -2.20. The summed E-state index contributed by atoms with van der Waals surface area (Å²) < 4.78 is 5.74. The first-order valence-corrected chi connectivity index (χ1v) is 8.76. The van der Waals surface area contributed by atoms with Crippen LogP contribution in [0.3, 0.4) is 0 Å². The zero-order valence-electron chi connectivity index (χ0n) is 13.2. The van der Waals surface area contributed by atoms with Crippen molar-refractivity contribution >= 4 is 11.6 Å². The van der Waals surface area contributed by atoms with E-state index in [2.05, 4.69) is 6.92 Å². The minimum absolute atomic E-state index is 0.0595. The molecule has 1 fully saturated rings. The summed E-state index contributed by atoms with van der Waals surface area (Å²) in [7, 11) is 0. The molecule has 1 unspecified atom stereocenters. The Morgan fingerprint density at radius 1 is 1.23 bits per heavy atom. The topological polar surface area (TPSA) is 49.7 Å². The first kappa shape index (κ1) is 17.6. The van der Waals surface area contributed by atoms with Crippen molar-refractivity contribution in [2.75, 3.05) is 6.61 Å². The van der Waals surface area contributed by atoms with Gasteiger partial charge in [0.25, 0.3) is 0 Å². The Labute approximate surface area is 138 Å². The summed E-state index contributed by atoms with van der Waals surface area (Å²) in [6, 6.07) is 7.61. The van der Waals surface area contributed by atoms with E-state index < -0.39 is 6.10 Å². The van der Waals surface area contributed by atoms with Gasteiger partial charge in [-0.3, -0.25) is 0 Å². The molecule has 124 valence electrons. The highest BCUT2D eigenvalue weighted by Crippen LogP contribution is 2.30. The van der Waals surface area contributed by atoms with Crippen molar-refractivity contribution in [2.45, 2.75) is 63.0 Å². The Bertz CT molecular complexity index is 434. The molecule has 4 heteroatoms. The van der Waals surface area contributed by atoms with Gasteiger partial charge >= 0.3 is 0 Å². The van der Waals surface area contributed by atoms with Gasteiger partial charge in [-0.05, 0) is 37.0 Å². The summed E-state index contributed by atoms with van der Waals surface area (Å²) >= 11 is 6.05. The van der Waals surface area contributed by atoms with Crippen LogP contribution in [0.5, 0.6) is 5.75 Å². The number of unbranched alkanes of at least 4 members (excludes halogenated alkanes) is 2. The molecule has 0 aromatic heterocycles. The van der Waals surface area contributed by atoms with Gasteiger partial charge in [0.2, 0.25) is 0 Å². The second kappa shape index (κ2) is 8.76. The monoisotopic (exact) mass is 326 g/mol. The number of benzene rings is 1. The standard InChI is InChI=1S/C18H27ClO3/c1-2-3-4-5-17(20)13-6-8-16(9-7-13)22-12-14-10-15(19)11-18(14)21/h6-9,14-15,17-18,20-21H,2-5,10-12H2,1H3/t14-,15-,17?,18+/m0/s1. The van der Waals surface area contributed by atoms with E-state index in [1.165, 1.54) is 0 Å². The van der Waals surface area contributed by atoms with Crippen LogP contribution in [-0.2, 0) is 0 Å². The number of aliphatic hydroxyl groups excluding tert-OH is 2. The van der Waals surface area contributed by atoms with E-state index >= 15 is 0 Å². The van der Waals surface area contributed by atoms with Gasteiger partial charge in [0, 0.05) is 11.3 Å². The first-order valence-electron chi connectivity index (χ1n) is 8.33. The molecule has 1 saturated carbocycles. The molecular weight excluding hydrogens is 300 g/mol. The SMILES string of the molecule is CCCCCC(O)c1ccc(OC[C@@H]2C[C@H](Cl)C[C@H]2O)cc1. The molecule has 4 atom stereocenters. The smallest absolute Gasteiger partial charge is 0.119 e. The van der Waals surface area contributed by atoms with Crippen LogP contribution >= 0.6 is 11.6 Å². The minimum Gasteiger partial charge on any atom is -0.493 e. The fraction of sp³-hybridized carbons (Fsp3) is 0.667. The predicted octanol–water partition coefficient (Wildman–Crippen LogP) is 4.06. The van der Waals surface area contributed by atoms with E-state index in [0.717, 1.165) is 43.4 Å². The Kier molecular flexibility index (Phi) is 7.00. The number of hydrogen-bond acceptors (Lipinski definition) is 3. The molecule has 0 radical (unpaired) electrons. The number of halogens is 1. The first-order chi connectivity index (χ1) is 10.6. The van der Waals surface area contributed by atoms with Crippen molar-refractivity contribution in [3.8, 4) is 5.75 Å². The van der Waals surface area contributed by atoms with Gasteiger partial charge in [-0.25, -0.2) is 0 Å². The normalized spacial score (nSPS) is 26.1. The Balaban J connectivity index is 1.79. The maximum absolute atomic E-state index is 10.1. The zero-order chi connectivity index (χ0) is 15.9. The summed E-state index contributed by atoms with van der Waals surface area (Å²) in [5.41, 5.74) is 0.935. The van der Waals surface area contributed by atoms with Crippen molar-refractivity contribution in [3.05, 3.63) is 29.8 Å². The molecule has 2 N–H and O–H groups in total. The Hall–Kier alpha value is -0.770. The molecular formula is C18H27ClO3. The Morgan fingerprint density at radius 3 is 2.55 bits per heavy atom. The van der Waals surface area contributed by atoms with Crippen LogP contribution in [0.4, 0.5) is 0 Å². The molecule has 1 aromatic rings. The highest BCUT2D eigenvalue weighted by atomic mass is 35.5. The number of ether oxygens (including phenoxy) is 1. The third-order valence-electron chi connectivity index (χ3n) is 4.41. The van der Waals surface area contributed by atoms with E-state index in [1.54, 1.807) is 0 Å². The third kappa shape index (κ3) is 5.15. The van der Waals surface area contributed by atoms with Gasteiger partial charge in [-0.1, -0.05) is 38.3 Å². The van der Waals surface area contributed by atoms with Crippen LogP contribution < -0.4 is 4.74 Å². The summed E-state index contributed by atoms with van der Waals surface area (Å²) in [5.74, 6) is 0.886. The molecule has 0 spiro atoms. The van der Waals surface area contributed by atoms with Crippen molar-refractivity contribution in [1.29, 1.82) is 0 Å². The molecule has 2 rings (SSSR count). The van der Waals surface area contributed by atoms with Gasteiger partial charge < -0.3 is 14.9 Å². The number of hydrogen-bond donors (Lipinski definition) is 2. The molecule has 22 heavy (non-hydrogen) atoms. The Morgan fingerprint density at radius 2 is 1.95 bits per heavy atom. The van der Waals surface area contributed by atoms with E-state index in [0.29, 0.717) is 13.0 Å². The molecule has 0 aliphatic heterocycles. The van der Waals surface area contributed by atoms with E-state index in [9.17, 15) is 10.2 Å². The molecule has 1 aromatic carbocycles. The third-order valence-corrected chi connectivity index (χ3v) is 4.77. The van der Waals surface area contributed by atoms with Gasteiger partial charge in [0.05, 0.1) is 18.8 Å². The van der Waals surface area contributed by atoms with Crippen LogP contribution in [0, 0.1) is 5.92 Å². The van der Waals surface area contributed by atoms with E-state index in [1.807, 2.05) is 24.3 Å². The molecule has 1 aliphatic rings. The van der Waals surface area contributed by atoms with Crippen molar-refractivity contribution in [2.24, 2.45) is 5.92 Å². The molecule has 0 bridgehead atoms. The van der Waals surface area contributed by atoms with Crippen LogP contribution in [0.15, 0.2) is 24.3 Å². The lowest BCUT2D eigenvalue weighted by atomic mass is 10.0. The minimum atomic E-state index is -0.394. The summed E-state index contributed by atoms with van der Waals surface area (Å²) in [4.78, 5) is 0. The highest BCUT2D eigenvalue weighted by molar-refractivity contribution is 6.20. The highest BCUT2D eigenvalue weighted by Gasteiger charge is 2.32. The predicted molar refractivity (Wildman–Crippen MR) is 89.4 cm³/mol. The average Bonchev–Trinajstić information content (AvgIpc) is 2.83. The molecule has 0 saturated heterocycles. The summed E-state index contributed by atoms with van der Waals surface area (Å²) in [6.45, 7) is 2.65. The molecule has 1 aliphatic carbocycles. The summed E-state index contributed by atoms with van der Waals surface area (Å²) in [6.07, 6.45) is 4.87. The van der Waals surface area contributed by atoms with Gasteiger partial charge in [-0.15, -0.1) is 11.6 Å². The van der Waals surface area contributed by atoms with Crippen LogP contribution in [0.25, 0.3) is 0 Å². The van der Waals surface area contributed by atoms with Crippen LogP contribution in [-0.4, -0.2) is 28.3 Å². The zero-order valence-corrected chi connectivity index (χ0v) is 14.0. The van der Waals surface area contributed by atoms with Crippen LogP contribution in [0.2, 0.25) is 0 Å². The maximum atomic E-state index is 10.1. The molecule has 0 amide bonds. The fourth-order valence-corrected chi connectivity index (χ4v) is 3.37. The second-order valence-corrected chi connectivity index (χ2v) is 6.90. The number of alkyl halides is 1. The second-order valence-electron chi connectivity index (χ2n) is 6.29. The number of rotatable bonds is 8. The van der Waals surface area contributed by atoms with Gasteiger partial charge in [-0.2, -0.15) is 0 Å². The largest absolute Gasteiger partial charge is 0.493 e. The fourth-order valence-electron chi connectivity index (χ4n) is 2.96. The number of aliphatic hydroxyl groups is 2. The summed E-state index contributed by atoms with van der Waals surface area (Å²) in [5, 5.41) is 20.0. The lowest BCUT2D eigenvalue weighted by Gasteiger charge is -2.16. The van der Waals surface area contributed by atoms with Crippen molar-refractivity contribution in [3.63, 3.8) is 0 Å². The van der Waals surface area contributed by atoms with Crippen molar-refractivity contribution in [1.82, 2.24) is 0 Å². The van der Waals surface area contributed by atoms with Gasteiger partial charge in [0.1, 0.15) is 5.75 Å². The maximum Gasteiger partial charge on any atom is 0.119 e. The quantitative estimate of drug-likeness (QED) is 0.559. The average molecular weight is 327 g/mol. The van der Waals surface area contributed by atoms with E-state index in [4.69, 9.17) is 16.3 Å². The van der Waals surface area contributed by atoms with Gasteiger partial charge in [0.15, 0.2) is 0 Å². The lowest BCUT2D eigenvalue weighted by molar-refractivity contribution is 0.0986.